The Kier molecular flexibility index (Phi) is 7.69. The van der Waals surface area contributed by atoms with Gasteiger partial charge in [-0.25, -0.2) is 0 Å². The Labute approximate surface area is 221 Å². The number of carbonyl (C=O) groups excluding carboxylic acids is 3. The summed E-state index contributed by atoms with van der Waals surface area (Å²) >= 11 is 3.65. The highest BCUT2D eigenvalue weighted by atomic mass is 79.9. The van der Waals surface area contributed by atoms with Gasteiger partial charge in [0.15, 0.2) is 0 Å². The molecule has 7 atom stereocenters. The highest BCUT2D eigenvalue weighted by Gasteiger charge is 2.77. The molecule has 0 aromatic heterocycles. The van der Waals surface area contributed by atoms with E-state index in [-0.39, 0.29) is 35.1 Å². The summed E-state index contributed by atoms with van der Waals surface area (Å²) in [6, 6.07) is 6.05. The van der Waals surface area contributed by atoms with Gasteiger partial charge < -0.3 is 30.3 Å². The molecule has 1 aromatic carbocycles. The number of hydrogen-bond acceptors (Lipinski definition) is 6. The molecule has 3 saturated heterocycles. The van der Waals surface area contributed by atoms with Crippen molar-refractivity contribution in [1.29, 1.82) is 0 Å². The average molecular weight is 566 g/mol. The number of fused-ring (bicyclic) bond motifs is 1. The number of hydrogen-bond donors (Lipinski definition) is 3. The van der Waals surface area contributed by atoms with Gasteiger partial charge in [0.1, 0.15) is 11.6 Å². The van der Waals surface area contributed by atoms with E-state index in [9.17, 15) is 19.5 Å². The van der Waals surface area contributed by atoms with Crippen molar-refractivity contribution in [2.24, 2.45) is 17.8 Å². The van der Waals surface area contributed by atoms with E-state index in [0.717, 1.165) is 18.8 Å². The predicted octanol–water partition coefficient (Wildman–Crippen LogP) is 1.98. The zero-order chi connectivity index (χ0) is 26.4. The molecule has 1 spiro atoms. The van der Waals surface area contributed by atoms with Crippen LogP contribution in [0.3, 0.4) is 0 Å². The third-order valence-corrected chi connectivity index (χ3v) is 8.95. The number of benzene rings is 1. The van der Waals surface area contributed by atoms with Crippen molar-refractivity contribution in [3.63, 3.8) is 0 Å². The van der Waals surface area contributed by atoms with Crippen molar-refractivity contribution >= 4 is 45.0 Å². The van der Waals surface area contributed by atoms with E-state index < -0.39 is 35.6 Å². The molecule has 3 N–H and O–H groups in total. The lowest BCUT2D eigenvalue weighted by molar-refractivity contribution is -0.145. The molecule has 0 saturated carbocycles. The highest BCUT2D eigenvalue weighted by Crippen LogP contribution is 2.60. The number of carbonyl (C=O) groups is 3. The number of nitrogens with zero attached hydrogens (tertiary/aromatic N) is 2. The van der Waals surface area contributed by atoms with Crippen molar-refractivity contribution < 1.29 is 24.2 Å². The van der Waals surface area contributed by atoms with Crippen LogP contribution in [0.15, 0.2) is 24.3 Å². The van der Waals surface area contributed by atoms with E-state index in [4.69, 9.17) is 4.74 Å². The van der Waals surface area contributed by atoms with Crippen molar-refractivity contribution in [1.82, 2.24) is 10.2 Å². The Balaban J connectivity index is 1.71. The summed E-state index contributed by atoms with van der Waals surface area (Å²) in [5, 5.41) is 15.9. The Bertz CT molecular complexity index is 1000. The number of ether oxygens (including phenoxy) is 1. The van der Waals surface area contributed by atoms with Gasteiger partial charge in [0.2, 0.25) is 17.7 Å². The molecule has 0 aliphatic carbocycles. The molecule has 36 heavy (non-hydrogen) atoms. The van der Waals surface area contributed by atoms with Gasteiger partial charge in [-0.3, -0.25) is 14.4 Å². The largest absolute Gasteiger partial charge is 0.394 e. The smallest absolute Gasteiger partial charge is 0.250 e. The van der Waals surface area contributed by atoms with E-state index in [1.807, 2.05) is 38.1 Å². The second-order valence-electron chi connectivity index (χ2n) is 10.2. The van der Waals surface area contributed by atoms with Gasteiger partial charge in [-0.15, -0.1) is 0 Å². The summed E-state index contributed by atoms with van der Waals surface area (Å²) in [6.45, 7) is 9.45. The van der Waals surface area contributed by atoms with Crippen molar-refractivity contribution in [2.75, 3.05) is 37.0 Å². The zero-order valence-corrected chi connectivity index (χ0v) is 23.1. The molecule has 3 aliphatic heterocycles. The van der Waals surface area contributed by atoms with Gasteiger partial charge in [-0.1, -0.05) is 29.8 Å². The van der Waals surface area contributed by atoms with Crippen LogP contribution >= 0.6 is 15.9 Å². The molecule has 4 rings (SSSR count). The number of aliphatic hydroxyl groups excluding tert-OH is 1. The fourth-order valence-corrected chi connectivity index (χ4v) is 7.31. The number of nitrogens with one attached hydrogen (secondary N) is 2. The van der Waals surface area contributed by atoms with E-state index in [1.165, 1.54) is 11.9 Å². The third-order valence-electron chi connectivity index (χ3n) is 8.10. The SMILES string of the molecule is CCN(CC)c1ccc(NC(=O)C2N([C@@H](CO)C(C)C)C(=O)[C@@H]3[C@@H](C(=O)NC)[C@@H]4OC23CC4Br)cc1. The van der Waals surface area contributed by atoms with Crippen LogP contribution in [0, 0.1) is 17.8 Å². The summed E-state index contributed by atoms with van der Waals surface area (Å²) in [5.41, 5.74) is 0.516. The minimum absolute atomic E-state index is 0.103. The van der Waals surface area contributed by atoms with E-state index in [2.05, 4.69) is 45.3 Å². The average Bonchev–Trinajstić information content (AvgIpc) is 3.44. The Morgan fingerprint density at radius 3 is 2.39 bits per heavy atom. The molecule has 10 heteroatoms. The number of anilines is 2. The quantitative estimate of drug-likeness (QED) is 0.395. The standard InChI is InChI=1S/C26H37BrN4O5/c1-6-30(7-2)16-10-8-15(9-11-16)29-24(34)22-26-12-17(27)21(36-26)19(23(33)28-5)20(26)25(35)31(22)18(13-32)14(3)4/h8-11,14,17-22,32H,6-7,12-13H2,1-5H3,(H,28,33)(H,29,34)/t17?,18-,19+,20-,21+,22?,26?/m0/s1. The number of aliphatic hydroxyl groups is 1. The first-order chi connectivity index (χ1) is 17.1. The predicted molar refractivity (Wildman–Crippen MR) is 141 cm³/mol. The van der Waals surface area contributed by atoms with Crippen LogP contribution in [0.25, 0.3) is 0 Å². The maximum atomic E-state index is 13.9. The summed E-state index contributed by atoms with van der Waals surface area (Å²) in [4.78, 5) is 44.3. The topological polar surface area (TPSA) is 111 Å². The fraction of sp³-hybridized carbons (Fsp3) is 0.654. The van der Waals surface area contributed by atoms with Gasteiger partial charge in [-0.05, 0) is 50.5 Å². The zero-order valence-electron chi connectivity index (χ0n) is 21.5. The third kappa shape index (κ3) is 4.11. The van der Waals surface area contributed by atoms with Crippen molar-refractivity contribution in [2.45, 2.75) is 62.7 Å². The Morgan fingerprint density at radius 1 is 1.22 bits per heavy atom. The number of rotatable bonds is 9. The van der Waals surface area contributed by atoms with Crippen LogP contribution in [0.2, 0.25) is 0 Å². The van der Waals surface area contributed by atoms with Gasteiger partial charge >= 0.3 is 0 Å². The van der Waals surface area contributed by atoms with Crippen molar-refractivity contribution in [3.8, 4) is 0 Å². The van der Waals surface area contributed by atoms with E-state index >= 15 is 0 Å². The molecule has 2 bridgehead atoms. The van der Waals surface area contributed by atoms with Crippen LogP contribution in [-0.2, 0) is 19.1 Å². The molecule has 1 aromatic rings. The molecule has 3 amide bonds. The molecule has 3 unspecified atom stereocenters. The summed E-state index contributed by atoms with van der Waals surface area (Å²) < 4.78 is 6.44. The van der Waals surface area contributed by atoms with Crippen LogP contribution in [0.4, 0.5) is 11.4 Å². The molecule has 0 radical (unpaired) electrons. The fourth-order valence-electron chi connectivity index (χ4n) is 6.37. The normalized spacial score (nSPS) is 31.5. The highest BCUT2D eigenvalue weighted by molar-refractivity contribution is 9.09. The summed E-state index contributed by atoms with van der Waals surface area (Å²) in [5.74, 6) is -2.56. The van der Waals surface area contributed by atoms with E-state index in [1.54, 1.807) is 0 Å². The first kappa shape index (κ1) is 26.9. The number of likely N-dealkylation sites (tertiary alicyclic amines) is 1. The second-order valence-corrected chi connectivity index (χ2v) is 11.4. The molecular formula is C26H37BrN4O5. The molecule has 3 fully saturated rings. The van der Waals surface area contributed by atoms with Crippen molar-refractivity contribution in [3.05, 3.63) is 24.3 Å². The van der Waals surface area contributed by atoms with E-state index in [0.29, 0.717) is 12.1 Å². The minimum Gasteiger partial charge on any atom is -0.394 e. The molecule has 3 heterocycles. The lowest BCUT2D eigenvalue weighted by Crippen LogP contribution is -2.57. The molecular weight excluding hydrogens is 528 g/mol. The van der Waals surface area contributed by atoms with Gasteiger partial charge in [0.25, 0.3) is 0 Å². The van der Waals surface area contributed by atoms with Crippen LogP contribution in [0.1, 0.15) is 34.1 Å². The first-order valence-electron chi connectivity index (χ1n) is 12.8. The van der Waals surface area contributed by atoms with Crippen LogP contribution in [0.5, 0.6) is 0 Å². The monoisotopic (exact) mass is 564 g/mol. The molecule has 198 valence electrons. The summed E-state index contributed by atoms with van der Waals surface area (Å²) in [6.07, 6.45) is -0.0795. The van der Waals surface area contributed by atoms with Gasteiger partial charge in [0.05, 0.1) is 30.6 Å². The maximum Gasteiger partial charge on any atom is 0.250 e. The lowest BCUT2D eigenvalue weighted by atomic mass is 9.70. The van der Waals surface area contributed by atoms with Gasteiger partial charge in [0, 0.05) is 36.3 Å². The minimum atomic E-state index is -1.15. The summed E-state index contributed by atoms with van der Waals surface area (Å²) in [7, 11) is 1.54. The first-order valence-corrected chi connectivity index (χ1v) is 13.7. The number of amides is 3. The molecule has 3 aliphatic rings. The van der Waals surface area contributed by atoms with Gasteiger partial charge in [-0.2, -0.15) is 0 Å². The number of alkyl halides is 1. The lowest BCUT2D eigenvalue weighted by Gasteiger charge is -2.38. The second kappa shape index (κ2) is 10.3. The Morgan fingerprint density at radius 2 is 1.86 bits per heavy atom. The number of halogens is 1. The van der Waals surface area contributed by atoms with Crippen LogP contribution < -0.4 is 15.5 Å². The van der Waals surface area contributed by atoms with Crippen LogP contribution in [-0.4, -0.2) is 83.1 Å². The molecule has 9 nitrogen and oxygen atoms in total. The maximum absolute atomic E-state index is 13.9. The Hall–Kier alpha value is -2.17.